The van der Waals surface area contributed by atoms with Crippen LogP contribution in [0.5, 0.6) is 0 Å². The fourth-order valence-corrected chi connectivity index (χ4v) is 2.60. The maximum absolute atomic E-state index is 4.18. The van der Waals surface area contributed by atoms with Gasteiger partial charge in [0, 0.05) is 0 Å². The molecular formula is C12H23N5. The number of tetrazole rings is 1. The molecule has 3 unspecified atom stereocenters. The minimum Gasteiger partial charge on any atom is -0.307 e. The molecule has 0 spiro atoms. The summed E-state index contributed by atoms with van der Waals surface area (Å²) < 4.78 is 2.04. The smallest absolute Gasteiger partial charge is 0.168 e. The van der Waals surface area contributed by atoms with Gasteiger partial charge in [-0.05, 0) is 55.5 Å². The standard InChI is InChI=1S/C12H23N5/c1-4-7-13-10(3)12-14-15-16-17(12)11-6-5-9(2)8-11/h9-11,13H,4-8H2,1-3H3. The summed E-state index contributed by atoms with van der Waals surface area (Å²) in [5, 5.41) is 15.6. The van der Waals surface area contributed by atoms with E-state index in [1.54, 1.807) is 0 Å². The highest BCUT2D eigenvalue weighted by Gasteiger charge is 2.27. The van der Waals surface area contributed by atoms with E-state index in [0.29, 0.717) is 6.04 Å². The van der Waals surface area contributed by atoms with Crippen molar-refractivity contribution in [3.8, 4) is 0 Å². The van der Waals surface area contributed by atoms with Crippen molar-refractivity contribution in [1.29, 1.82) is 0 Å². The maximum atomic E-state index is 4.18. The van der Waals surface area contributed by atoms with Crippen LogP contribution in [0, 0.1) is 5.92 Å². The van der Waals surface area contributed by atoms with Crippen molar-refractivity contribution >= 4 is 0 Å². The van der Waals surface area contributed by atoms with Crippen molar-refractivity contribution in [3.63, 3.8) is 0 Å². The second kappa shape index (κ2) is 5.58. The van der Waals surface area contributed by atoms with E-state index in [9.17, 15) is 0 Å². The van der Waals surface area contributed by atoms with Gasteiger partial charge in [-0.25, -0.2) is 4.68 Å². The topological polar surface area (TPSA) is 55.6 Å². The predicted octanol–water partition coefficient (Wildman–Crippen LogP) is 2.09. The molecule has 1 aliphatic rings. The van der Waals surface area contributed by atoms with Crippen LogP contribution in [-0.4, -0.2) is 26.8 Å². The van der Waals surface area contributed by atoms with Gasteiger partial charge >= 0.3 is 0 Å². The molecule has 1 N–H and O–H groups in total. The van der Waals surface area contributed by atoms with Crippen molar-refractivity contribution in [1.82, 2.24) is 25.5 Å². The number of rotatable bonds is 5. The van der Waals surface area contributed by atoms with E-state index in [2.05, 4.69) is 41.6 Å². The lowest BCUT2D eigenvalue weighted by Crippen LogP contribution is -2.24. The fourth-order valence-electron chi connectivity index (χ4n) is 2.60. The zero-order chi connectivity index (χ0) is 12.3. The van der Waals surface area contributed by atoms with E-state index < -0.39 is 0 Å². The summed E-state index contributed by atoms with van der Waals surface area (Å²) in [6.07, 6.45) is 4.84. The second-order valence-electron chi connectivity index (χ2n) is 5.23. The molecule has 0 amide bonds. The first kappa shape index (κ1) is 12.5. The summed E-state index contributed by atoms with van der Waals surface area (Å²) in [6.45, 7) is 7.62. The Morgan fingerprint density at radius 1 is 1.47 bits per heavy atom. The van der Waals surface area contributed by atoms with Gasteiger partial charge < -0.3 is 5.32 Å². The lowest BCUT2D eigenvalue weighted by Gasteiger charge is -2.16. The van der Waals surface area contributed by atoms with Crippen molar-refractivity contribution in [2.45, 2.75) is 58.5 Å². The summed E-state index contributed by atoms with van der Waals surface area (Å²) in [5.41, 5.74) is 0. The quantitative estimate of drug-likeness (QED) is 0.852. The summed E-state index contributed by atoms with van der Waals surface area (Å²) in [7, 11) is 0. The second-order valence-corrected chi connectivity index (χ2v) is 5.23. The molecule has 1 fully saturated rings. The first-order chi connectivity index (χ1) is 8.22. The minimum absolute atomic E-state index is 0.237. The number of nitrogens with zero attached hydrogens (tertiary/aromatic N) is 4. The number of aromatic nitrogens is 4. The summed E-state index contributed by atoms with van der Waals surface area (Å²) in [6, 6.07) is 0.738. The van der Waals surface area contributed by atoms with E-state index in [4.69, 9.17) is 0 Å². The van der Waals surface area contributed by atoms with Crippen LogP contribution >= 0.6 is 0 Å². The van der Waals surface area contributed by atoms with E-state index in [1.165, 1.54) is 19.3 Å². The monoisotopic (exact) mass is 237 g/mol. The Kier molecular flexibility index (Phi) is 4.10. The molecule has 1 saturated carbocycles. The summed E-state index contributed by atoms with van der Waals surface area (Å²) >= 11 is 0. The molecule has 2 rings (SSSR count). The Hall–Kier alpha value is -0.970. The van der Waals surface area contributed by atoms with E-state index in [0.717, 1.165) is 24.7 Å². The third-order valence-electron chi connectivity index (χ3n) is 3.62. The SMILES string of the molecule is CCCNC(C)c1nnnn1C1CCC(C)C1. The lowest BCUT2D eigenvalue weighted by molar-refractivity contribution is 0.401. The molecule has 1 aliphatic carbocycles. The number of nitrogens with one attached hydrogen (secondary N) is 1. The molecule has 0 bridgehead atoms. The van der Waals surface area contributed by atoms with Crippen molar-refractivity contribution in [2.75, 3.05) is 6.54 Å². The van der Waals surface area contributed by atoms with Gasteiger partial charge in [0.15, 0.2) is 5.82 Å². The molecule has 0 aromatic carbocycles. The van der Waals surface area contributed by atoms with Crippen LogP contribution < -0.4 is 5.32 Å². The lowest BCUT2D eigenvalue weighted by atomic mass is 10.1. The van der Waals surface area contributed by atoms with Crippen LogP contribution in [0.2, 0.25) is 0 Å². The Labute approximate surface area is 103 Å². The first-order valence-corrected chi connectivity index (χ1v) is 6.73. The molecule has 5 nitrogen and oxygen atoms in total. The normalized spacial score (nSPS) is 26.3. The van der Waals surface area contributed by atoms with E-state index >= 15 is 0 Å². The van der Waals surface area contributed by atoms with Crippen LogP contribution in [0.4, 0.5) is 0 Å². The van der Waals surface area contributed by atoms with Gasteiger partial charge in [0.1, 0.15) is 0 Å². The van der Waals surface area contributed by atoms with Crippen LogP contribution in [0.3, 0.4) is 0 Å². The Morgan fingerprint density at radius 3 is 2.94 bits per heavy atom. The molecule has 5 heteroatoms. The average Bonchev–Trinajstić information content (AvgIpc) is 2.93. The largest absolute Gasteiger partial charge is 0.307 e. The molecule has 1 aromatic heterocycles. The highest BCUT2D eigenvalue weighted by atomic mass is 15.6. The Balaban J connectivity index is 2.05. The summed E-state index contributed by atoms with van der Waals surface area (Å²) in [4.78, 5) is 0. The van der Waals surface area contributed by atoms with Crippen molar-refractivity contribution in [3.05, 3.63) is 5.82 Å². The molecule has 0 aliphatic heterocycles. The van der Waals surface area contributed by atoms with Crippen LogP contribution in [-0.2, 0) is 0 Å². The minimum atomic E-state index is 0.237. The van der Waals surface area contributed by atoms with Crippen LogP contribution in [0.1, 0.15) is 64.4 Å². The first-order valence-electron chi connectivity index (χ1n) is 6.73. The Morgan fingerprint density at radius 2 is 2.29 bits per heavy atom. The zero-order valence-corrected chi connectivity index (χ0v) is 11.1. The van der Waals surface area contributed by atoms with E-state index in [1.807, 2.05) is 4.68 Å². The fraction of sp³-hybridized carbons (Fsp3) is 0.917. The molecular weight excluding hydrogens is 214 g/mol. The van der Waals surface area contributed by atoms with Crippen LogP contribution in [0.25, 0.3) is 0 Å². The van der Waals surface area contributed by atoms with Gasteiger partial charge in [0.05, 0.1) is 12.1 Å². The molecule has 1 heterocycles. The molecule has 17 heavy (non-hydrogen) atoms. The highest BCUT2D eigenvalue weighted by molar-refractivity contribution is 4.93. The Bertz CT molecular complexity index is 348. The number of hydrogen-bond donors (Lipinski definition) is 1. The molecule has 3 atom stereocenters. The average molecular weight is 237 g/mol. The van der Waals surface area contributed by atoms with Gasteiger partial charge in [-0.2, -0.15) is 0 Å². The predicted molar refractivity (Wildman–Crippen MR) is 66.6 cm³/mol. The van der Waals surface area contributed by atoms with Gasteiger partial charge in [0.25, 0.3) is 0 Å². The van der Waals surface area contributed by atoms with Crippen LogP contribution in [0.15, 0.2) is 0 Å². The van der Waals surface area contributed by atoms with Gasteiger partial charge in [-0.3, -0.25) is 0 Å². The number of hydrogen-bond acceptors (Lipinski definition) is 4. The summed E-state index contributed by atoms with van der Waals surface area (Å²) in [5.74, 6) is 1.79. The maximum Gasteiger partial charge on any atom is 0.168 e. The van der Waals surface area contributed by atoms with E-state index in [-0.39, 0.29) is 6.04 Å². The van der Waals surface area contributed by atoms with Gasteiger partial charge in [-0.1, -0.05) is 13.8 Å². The third kappa shape index (κ3) is 2.83. The zero-order valence-electron chi connectivity index (χ0n) is 11.1. The van der Waals surface area contributed by atoms with Gasteiger partial charge in [-0.15, -0.1) is 5.10 Å². The van der Waals surface area contributed by atoms with Crippen molar-refractivity contribution in [2.24, 2.45) is 5.92 Å². The van der Waals surface area contributed by atoms with Crippen molar-refractivity contribution < 1.29 is 0 Å². The molecule has 1 aromatic rings. The molecule has 96 valence electrons. The molecule has 0 saturated heterocycles. The third-order valence-corrected chi connectivity index (χ3v) is 3.62. The molecule has 0 radical (unpaired) electrons. The van der Waals surface area contributed by atoms with Gasteiger partial charge in [0.2, 0.25) is 0 Å². The highest BCUT2D eigenvalue weighted by Crippen LogP contribution is 2.34.